The van der Waals surface area contributed by atoms with Gasteiger partial charge in [0.15, 0.2) is 10.9 Å². The summed E-state index contributed by atoms with van der Waals surface area (Å²) in [6.07, 6.45) is 6.19. The zero-order valence-electron chi connectivity index (χ0n) is 16.6. The Morgan fingerprint density at radius 2 is 2.14 bits per heavy atom. The van der Waals surface area contributed by atoms with Crippen molar-refractivity contribution in [3.8, 4) is 0 Å². The van der Waals surface area contributed by atoms with Crippen molar-refractivity contribution in [3.63, 3.8) is 0 Å². The standard InChI is InChI=1S/C21H26N4O2S/c1-14-12-18(15(2)25(14)13-17-8-7-11-27-17)20(26)16(3)28-21-23-22-19-9-5-4-6-10-24(19)21/h7-8,11-12,16H,4-6,9-10,13H2,1-3H3/t16-/m1/s1. The first-order valence-electron chi connectivity index (χ1n) is 9.86. The minimum absolute atomic E-state index is 0.134. The van der Waals surface area contributed by atoms with Crippen molar-refractivity contribution >= 4 is 17.5 Å². The summed E-state index contributed by atoms with van der Waals surface area (Å²) in [5.74, 6) is 2.07. The van der Waals surface area contributed by atoms with Crippen LogP contribution in [0.3, 0.4) is 0 Å². The van der Waals surface area contributed by atoms with E-state index in [-0.39, 0.29) is 11.0 Å². The van der Waals surface area contributed by atoms with Gasteiger partial charge in [-0.05, 0) is 51.8 Å². The Morgan fingerprint density at radius 3 is 2.93 bits per heavy atom. The highest BCUT2D eigenvalue weighted by molar-refractivity contribution is 8.00. The summed E-state index contributed by atoms with van der Waals surface area (Å²) in [5.41, 5.74) is 2.82. The number of hydrogen-bond donors (Lipinski definition) is 0. The molecule has 1 aliphatic heterocycles. The third-order valence-corrected chi connectivity index (χ3v) is 6.54. The molecule has 4 heterocycles. The van der Waals surface area contributed by atoms with E-state index in [0.717, 1.165) is 53.1 Å². The van der Waals surface area contributed by atoms with E-state index in [2.05, 4.69) is 19.3 Å². The molecule has 0 saturated carbocycles. The van der Waals surface area contributed by atoms with Crippen LogP contribution in [0.4, 0.5) is 0 Å². The van der Waals surface area contributed by atoms with Gasteiger partial charge in [-0.15, -0.1) is 10.2 Å². The summed E-state index contributed by atoms with van der Waals surface area (Å²) in [6.45, 7) is 7.58. The number of furan rings is 1. The van der Waals surface area contributed by atoms with Gasteiger partial charge in [0.1, 0.15) is 11.6 Å². The topological polar surface area (TPSA) is 65.8 Å². The normalized spacial score (nSPS) is 15.2. The van der Waals surface area contributed by atoms with Gasteiger partial charge in [-0.25, -0.2) is 0 Å². The number of thioether (sulfide) groups is 1. The van der Waals surface area contributed by atoms with E-state index in [0.29, 0.717) is 6.54 Å². The molecular weight excluding hydrogens is 372 g/mol. The number of aromatic nitrogens is 4. The number of carbonyl (C=O) groups is 1. The lowest BCUT2D eigenvalue weighted by Gasteiger charge is -2.12. The SMILES string of the molecule is Cc1cc(C(=O)[C@@H](C)Sc2nnc3n2CCCCC3)c(C)n1Cc1ccco1. The first kappa shape index (κ1) is 19.1. The fraction of sp³-hybridized carbons (Fsp3) is 0.476. The van der Waals surface area contributed by atoms with Crippen LogP contribution in [0.25, 0.3) is 0 Å². The monoisotopic (exact) mass is 398 g/mol. The molecule has 0 aliphatic carbocycles. The fourth-order valence-electron chi connectivity index (χ4n) is 3.83. The van der Waals surface area contributed by atoms with E-state index in [9.17, 15) is 4.79 Å². The number of rotatable bonds is 6. The predicted molar refractivity (Wildman–Crippen MR) is 109 cm³/mol. The predicted octanol–water partition coefficient (Wildman–Crippen LogP) is 4.43. The maximum Gasteiger partial charge on any atom is 0.191 e. The van der Waals surface area contributed by atoms with Gasteiger partial charge in [0.25, 0.3) is 0 Å². The fourth-order valence-corrected chi connectivity index (χ4v) is 4.79. The average Bonchev–Trinajstić information content (AvgIpc) is 3.34. The molecule has 1 atom stereocenters. The summed E-state index contributed by atoms with van der Waals surface area (Å²) in [7, 11) is 0. The summed E-state index contributed by atoms with van der Waals surface area (Å²) in [6, 6.07) is 5.83. The Hall–Kier alpha value is -2.28. The maximum absolute atomic E-state index is 13.2. The summed E-state index contributed by atoms with van der Waals surface area (Å²) in [5, 5.41) is 9.35. The summed E-state index contributed by atoms with van der Waals surface area (Å²) in [4.78, 5) is 13.2. The Bertz CT molecular complexity index is 971. The van der Waals surface area contributed by atoms with Crippen LogP contribution in [0.1, 0.15) is 59.5 Å². The zero-order chi connectivity index (χ0) is 19.7. The molecule has 6 nitrogen and oxygen atoms in total. The number of carbonyl (C=O) groups excluding carboxylic acids is 1. The van der Waals surface area contributed by atoms with Gasteiger partial charge in [-0.2, -0.15) is 0 Å². The van der Waals surface area contributed by atoms with Crippen LogP contribution in [0, 0.1) is 13.8 Å². The van der Waals surface area contributed by atoms with Gasteiger partial charge in [0.05, 0.1) is 18.1 Å². The lowest BCUT2D eigenvalue weighted by Crippen LogP contribution is -2.16. The maximum atomic E-state index is 13.2. The second-order valence-electron chi connectivity index (χ2n) is 7.44. The molecule has 0 unspecified atom stereocenters. The quantitative estimate of drug-likeness (QED) is 0.454. The van der Waals surface area contributed by atoms with Gasteiger partial charge in [0, 0.05) is 29.9 Å². The number of nitrogens with zero attached hydrogens (tertiary/aromatic N) is 4. The van der Waals surface area contributed by atoms with E-state index < -0.39 is 0 Å². The molecule has 0 amide bonds. The van der Waals surface area contributed by atoms with Crippen molar-refractivity contribution in [1.29, 1.82) is 0 Å². The van der Waals surface area contributed by atoms with Gasteiger partial charge >= 0.3 is 0 Å². The molecule has 0 radical (unpaired) electrons. The summed E-state index contributed by atoms with van der Waals surface area (Å²) < 4.78 is 9.80. The Balaban J connectivity index is 1.52. The van der Waals surface area contributed by atoms with Crippen LogP contribution < -0.4 is 0 Å². The lowest BCUT2D eigenvalue weighted by atomic mass is 10.1. The Morgan fingerprint density at radius 1 is 1.29 bits per heavy atom. The van der Waals surface area contributed by atoms with Crippen LogP contribution in [-0.4, -0.2) is 30.4 Å². The zero-order valence-corrected chi connectivity index (χ0v) is 17.5. The lowest BCUT2D eigenvalue weighted by molar-refractivity contribution is 0.0993. The highest BCUT2D eigenvalue weighted by Gasteiger charge is 2.25. The molecule has 7 heteroatoms. The Kier molecular flexibility index (Phi) is 5.44. The van der Waals surface area contributed by atoms with Crippen molar-refractivity contribution in [2.75, 3.05) is 0 Å². The molecule has 4 rings (SSSR count). The number of Topliss-reactive ketones (excluding diaryl/α,β-unsaturated/α-hetero) is 1. The number of fused-ring (bicyclic) bond motifs is 1. The van der Waals surface area contributed by atoms with E-state index >= 15 is 0 Å². The van der Waals surface area contributed by atoms with Crippen molar-refractivity contribution in [3.05, 3.63) is 53.0 Å². The molecule has 3 aromatic rings. The number of ketones is 1. The van der Waals surface area contributed by atoms with Gasteiger partial charge in [-0.3, -0.25) is 4.79 Å². The van der Waals surface area contributed by atoms with Crippen LogP contribution in [0.15, 0.2) is 34.0 Å². The smallest absolute Gasteiger partial charge is 0.191 e. The Labute approximate surface area is 169 Å². The molecule has 0 N–H and O–H groups in total. The van der Waals surface area contributed by atoms with Gasteiger partial charge in [-0.1, -0.05) is 18.2 Å². The molecule has 0 saturated heterocycles. The first-order chi connectivity index (χ1) is 13.5. The molecular formula is C21H26N4O2S. The highest BCUT2D eigenvalue weighted by Crippen LogP contribution is 2.29. The molecule has 0 aromatic carbocycles. The van der Waals surface area contributed by atoms with E-state index in [4.69, 9.17) is 4.42 Å². The van der Waals surface area contributed by atoms with E-state index in [1.165, 1.54) is 24.6 Å². The van der Waals surface area contributed by atoms with E-state index in [1.807, 2.05) is 39.0 Å². The summed E-state index contributed by atoms with van der Waals surface area (Å²) >= 11 is 1.52. The molecule has 28 heavy (non-hydrogen) atoms. The van der Waals surface area contributed by atoms with Crippen molar-refractivity contribution < 1.29 is 9.21 Å². The van der Waals surface area contributed by atoms with Crippen LogP contribution in [-0.2, 0) is 19.5 Å². The van der Waals surface area contributed by atoms with Crippen molar-refractivity contribution in [2.45, 2.75) is 70.0 Å². The second kappa shape index (κ2) is 7.99. The molecule has 0 spiro atoms. The van der Waals surface area contributed by atoms with Crippen molar-refractivity contribution in [1.82, 2.24) is 19.3 Å². The van der Waals surface area contributed by atoms with Crippen LogP contribution >= 0.6 is 11.8 Å². The third-order valence-electron chi connectivity index (χ3n) is 5.46. The molecule has 0 bridgehead atoms. The van der Waals surface area contributed by atoms with Gasteiger partial charge in [0.2, 0.25) is 0 Å². The van der Waals surface area contributed by atoms with Crippen LogP contribution in [0.5, 0.6) is 0 Å². The van der Waals surface area contributed by atoms with E-state index in [1.54, 1.807) is 6.26 Å². The third kappa shape index (κ3) is 3.68. The highest BCUT2D eigenvalue weighted by atomic mass is 32.2. The van der Waals surface area contributed by atoms with Crippen molar-refractivity contribution in [2.24, 2.45) is 0 Å². The number of aryl methyl sites for hydroxylation is 2. The average molecular weight is 399 g/mol. The largest absolute Gasteiger partial charge is 0.467 e. The molecule has 0 fully saturated rings. The second-order valence-corrected chi connectivity index (χ2v) is 8.74. The van der Waals surface area contributed by atoms with Gasteiger partial charge < -0.3 is 13.6 Å². The van der Waals surface area contributed by atoms with Crippen LogP contribution in [0.2, 0.25) is 0 Å². The first-order valence-corrected chi connectivity index (χ1v) is 10.7. The minimum atomic E-state index is -0.214. The molecule has 148 valence electrons. The minimum Gasteiger partial charge on any atom is -0.467 e. The molecule has 1 aliphatic rings. The molecule has 3 aromatic heterocycles. The number of hydrogen-bond acceptors (Lipinski definition) is 5.